The molecule has 3 N–H and O–H groups in total. The molecule has 2 aliphatic rings. The molecule has 2 atom stereocenters. The summed E-state index contributed by atoms with van der Waals surface area (Å²) in [7, 11) is 0. The fourth-order valence-electron chi connectivity index (χ4n) is 4.22. The van der Waals surface area contributed by atoms with Crippen molar-refractivity contribution in [2.24, 2.45) is 23.5 Å². The number of rotatable bonds is 4. The van der Waals surface area contributed by atoms with Gasteiger partial charge >= 0.3 is 6.03 Å². The summed E-state index contributed by atoms with van der Waals surface area (Å²) in [5.74, 6) is 2.75. The first-order valence-electron chi connectivity index (χ1n) is 8.31. The second kappa shape index (κ2) is 7.30. The van der Waals surface area contributed by atoms with Crippen LogP contribution in [0.4, 0.5) is 4.79 Å². The number of amides is 2. The number of piperidine rings is 1. The van der Waals surface area contributed by atoms with Crippen molar-refractivity contribution in [3.63, 3.8) is 0 Å². The van der Waals surface area contributed by atoms with Gasteiger partial charge in [0.2, 0.25) is 0 Å². The summed E-state index contributed by atoms with van der Waals surface area (Å²) in [6.45, 7) is 8.24. The molecule has 4 heteroatoms. The van der Waals surface area contributed by atoms with E-state index in [0.29, 0.717) is 6.04 Å². The van der Waals surface area contributed by atoms with Gasteiger partial charge in [-0.25, -0.2) is 4.79 Å². The van der Waals surface area contributed by atoms with Crippen molar-refractivity contribution in [1.29, 1.82) is 0 Å². The molecule has 2 rings (SSSR count). The zero-order valence-corrected chi connectivity index (χ0v) is 13.1. The van der Waals surface area contributed by atoms with E-state index in [4.69, 9.17) is 5.73 Å². The Morgan fingerprint density at radius 2 is 1.75 bits per heavy atom. The van der Waals surface area contributed by atoms with Crippen molar-refractivity contribution in [2.75, 3.05) is 19.6 Å². The number of carbonyl (C=O) groups is 1. The maximum atomic E-state index is 10.8. The standard InChI is InChI=1S/C16H31N3O/c1-12-9-13(2)11-14(10-12)3-6-19-7-4-15(5-8-19)18-16(17)20/h12-15H,3-11H2,1-2H3,(H3,17,18,20). The number of likely N-dealkylation sites (tertiary alicyclic amines) is 1. The smallest absolute Gasteiger partial charge is 0.312 e. The maximum absolute atomic E-state index is 10.8. The van der Waals surface area contributed by atoms with Crippen LogP contribution in [0.15, 0.2) is 0 Å². The molecule has 0 bridgehead atoms. The van der Waals surface area contributed by atoms with E-state index < -0.39 is 0 Å². The zero-order valence-electron chi connectivity index (χ0n) is 13.1. The largest absolute Gasteiger partial charge is 0.352 e. The van der Waals surface area contributed by atoms with Gasteiger partial charge in [0.15, 0.2) is 0 Å². The summed E-state index contributed by atoms with van der Waals surface area (Å²) in [6, 6.07) is -0.0906. The predicted octanol–water partition coefficient (Wildman–Crippen LogP) is 2.58. The predicted molar refractivity (Wildman–Crippen MR) is 82.5 cm³/mol. The minimum atomic E-state index is -0.381. The molecule has 0 aromatic carbocycles. The van der Waals surface area contributed by atoms with E-state index in [0.717, 1.165) is 43.7 Å². The molecule has 1 aliphatic carbocycles. The van der Waals surface area contributed by atoms with Crippen LogP contribution in [-0.4, -0.2) is 36.6 Å². The average molecular weight is 281 g/mol. The molecule has 4 nitrogen and oxygen atoms in total. The van der Waals surface area contributed by atoms with Crippen LogP contribution in [0.25, 0.3) is 0 Å². The van der Waals surface area contributed by atoms with Gasteiger partial charge in [0.05, 0.1) is 0 Å². The summed E-state index contributed by atoms with van der Waals surface area (Å²) < 4.78 is 0. The number of primary amides is 1. The van der Waals surface area contributed by atoms with E-state index in [1.165, 1.54) is 32.2 Å². The van der Waals surface area contributed by atoms with Crippen LogP contribution in [0, 0.1) is 17.8 Å². The van der Waals surface area contributed by atoms with E-state index in [9.17, 15) is 4.79 Å². The highest BCUT2D eigenvalue weighted by Gasteiger charge is 2.25. The third kappa shape index (κ3) is 4.97. The van der Waals surface area contributed by atoms with Gasteiger partial charge in [-0.1, -0.05) is 13.8 Å². The van der Waals surface area contributed by atoms with E-state index in [2.05, 4.69) is 24.1 Å². The number of nitrogens with two attached hydrogens (primary N) is 1. The molecular weight excluding hydrogens is 250 g/mol. The molecule has 0 aromatic heterocycles. The second-order valence-corrected chi connectivity index (χ2v) is 7.20. The van der Waals surface area contributed by atoms with Crippen molar-refractivity contribution in [2.45, 2.75) is 58.4 Å². The fourth-order valence-corrected chi connectivity index (χ4v) is 4.22. The SMILES string of the molecule is CC1CC(C)CC(CCN2CCC(NC(N)=O)CC2)C1. The Morgan fingerprint density at radius 1 is 1.15 bits per heavy atom. The number of hydrogen-bond acceptors (Lipinski definition) is 2. The van der Waals surface area contributed by atoms with Crippen LogP contribution >= 0.6 is 0 Å². The van der Waals surface area contributed by atoms with Gasteiger partial charge in [-0.2, -0.15) is 0 Å². The van der Waals surface area contributed by atoms with Gasteiger partial charge < -0.3 is 16.0 Å². The third-order valence-corrected chi connectivity index (χ3v) is 5.06. The number of nitrogens with one attached hydrogen (secondary N) is 1. The summed E-state index contributed by atoms with van der Waals surface area (Å²) in [4.78, 5) is 13.4. The Bertz CT molecular complexity index is 303. The lowest BCUT2D eigenvalue weighted by Crippen LogP contribution is -2.46. The van der Waals surface area contributed by atoms with Crippen LogP contribution in [0.2, 0.25) is 0 Å². The Kier molecular flexibility index (Phi) is 5.70. The molecule has 2 amide bonds. The van der Waals surface area contributed by atoms with E-state index in [1.54, 1.807) is 0 Å². The van der Waals surface area contributed by atoms with E-state index in [-0.39, 0.29) is 6.03 Å². The molecule has 0 radical (unpaired) electrons. The molecule has 2 unspecified atom stereocenters. The highest BCUT2D eigenvalue weighted by Crippen LogP contribution is 2.34. The zero-order chi connectivity index (χ0) is 14.5. The first-order chi connectivity index (χ1) is 9.52. The highest BCUT2D eigenvalue weighted by molar-refractivity contribution is 5.71. The normalized spacial score (nSPS) is 33.0. The summed E-state index contributed by atoms with van der Waals surface area (Å²) >= 11 is 0. The molecule has 0 aromatic rings. The van der Waals surface area contributed by atoms with E-state index >= 15 is 0 Å². The van der Waals surface area contributed by atoms with Crippen LogP contribution in [0.1, 0.15) is 52.4 Å². The summed E-state index contributed by atoms with van der Waals surface area (Å²) in [6.07, 6.45) is 7.69. The quantitative estimate of drug-likeness (QED) is 0.832. The van der Waals surface area contributed by atoms with Gasteiger partial charge in [0.1, 0.15) is 0 Å². The van der Waals surface area contributed by atoms with Crippen molar-refractivity contribution < 1.29 is 4.79 Å². The maximum Gasteiger partial charge on any atom is 0.312 e. The fraction of sp³-hybridized carbons (Fsp3) is 0.938. The lowest BCUT2D eigenvalue weighted by Gasteiger charge is -2.35. The van der Waals surface area contributed by atoms with Crippen molar-refractivity contribution in [1.82, 2.24) is 10.2 Å². The highest BCUT2D eigenvalue weighted by atomic mass is 16.2. The van der Waals surface area contributed by atoms with Crippen LogP contribution in [0.3, 0.4) is 0 Å². The van der Waals surface area contributed by atoms with Gasteiger partial charge in [0, 0.05) is 19.1 Å². The van der Waals surface area contributed by atoms with Crippen LogP contribution < -0.4 is 11.1 Å². The molecule has 116 valence electrons. The molecule has 0 spiro atoms. The number of urea groups is 1. The van der Waals surface area contributed by atoms with Gasteiger partial charge in [0.25, 0.3) is 0 Å². The molecule has 2 fully saturated rings. The van der Waals surface area contributed by atoms with Crippen molar-refractivity contribution in [3.05, 3.63) is 0 Å². The lowest BCUT2D eigenvalue weighted by atomic mass is 9.75. The summed E-state index contributed by atoms with van der Waals surface area (Å²) in [5.41, 5.74) is 5.18. The number of carbonyl (C=O) groups excluding carboxylic acids is 1. The monoisotopic (exact) mass is 281 g/mol. The Morgan fingerprint density at radius 3 is 2.30 bits per heavy atom. The Labute approximate surface area is 123 Å². The molecule has 20 heavy (non-hydrogen) atoms. The molecule has 1 aliphatic heterocycles. The van der Waals surface area contributed by atoms with Crippen LogP contribution in [0.5, 0.6) is 0 Å². The molecule has 1 saturated carbocycles. The van der Waals surface area contributed by atoms with Crippen molar-refractivity contribution >= 4 is 6.03 Å². The minimum absolute atomic E-state index is 0.290. The minimum Gasteiger partial charge on any atom is -0.352 e. The third-order valence-electron chi connectivity index (χ3n) is 5.06. The van der Waals surface area contributed by atoms with Gasteiger partial charge in [-0.15, -0.1) is 0 Å². The van der Waals surface area contributed by atoms with Crippen molar-refractivity contribution in [3.8, 4) is 0 Å². The Balaban J connectivity index is 1.64. The topological polar surface area (TPSA) is 58.4 Å². The average Bonchev–Trinajstić information content (AvgIpc) is 2.36. The van der Waals surface area contributed by atoms with Gasteiger partial charge in [-0.05, 0) is 62.8 Å². The molecule has 1 heterocycles. The van der Waals surface area contributed by atoms with Gasteiger partial charge in [-0.3, -0.25) is 0 Å². The lowest BCUT2D eigenvalue weighted by molar-refractivity contribution is 0.157. The second-order valence-electron chi connectivity index (χ2n) is 7.20. The molecular formula is C16H31N3O. The molecule has 1 saturated heterocycles. The summed E-state index contributed by atoms with van der Waals surface area (Å²) in [5, 5.41) is 2.83. The first-order valence-corrected chi connectivity index (χ1v) is 8.31. The number of nitrogens with zero attached hydrogens (tertiary/aromatic N) is 1. The number of hydrogen-bond donors (Lipinski definition) is 2. The Hall–Kier alpha value is -0.770. The van der Waals surface area contributed by atoms with E-state index in [1.807, 2.05) is 0 Å². The van der Waals surface area contributed by atoms with Crippen LogP contribution in [-0.2, 0) is 0 Å². The first kappa shape index (κ1) is 15.6.